The highest BCUT2D eigenvalue weighted by Gasteiger charge is 2.34. The van der Waals surface area contributed by atoms with Gasteiger partial charge in [-0.2, -0.15) is 5.06 Å². The lowest BCUT2D eigenvalue weighted by Crippen LogP contribution is -2.51. The Labute approximate surface area is 84.1 Å². The van der Waals surface area contributed by atoms with E-state index in [2.05, 4.69) is 0 Å². The van der Waals surface area contributed by atoms with E-state index in [0.717, 1.165) is 19.4 Å². The summed E-state index contributed by atoms with van der Waals surface area (Å²) in [6, 6.07) is 0.108. The van der Waals surface area contributed by atoms with Crippen LogP contribution in [0.25, 0.3) is 0 Å². The average Bonchev–Trinajstić information content (AvgIpc) is 2.18. The van der Waals surface area contributed by atoms with Crippen LogP contribution in [0, 0.1) is 0 Å². The summed E-state index contributed by atoms with van der Waals surface area (Å²) in [4.78, 5) is 5.60. The molecule has 0 amide bonds. The first-order valence-corrected chi connectivity index (χ1v) is 5.21. The van der Waals surface area contributed by atoms with Crippen molar-refractivity contribution in [1.29, 1.82) is 0 Å². The van der Waals surface area contributed by atoms with E-state index in [0.29, 0.717) is 6.61 Å². The monoisotopic (exact) mass is 199 g/mol. The van der Waals surface area contributed by atoms with Gasteiger partial charge in [0.15, 0.2) is 6.29 Å². The summed E-state index contributed by atoms with van der Waals surface area (Å²) in [6.07, 6.45) is 5.03. The Kier molecular flexibility index (Phi) is 3.18. The molecular formula is C10H17NO3. The van der Waals surface area contributed by atoms with Crippen LogP contribution in [0.3, 0.4) is 0 Å². The Balaban J connectivity index is 1.94. The van der Waals surface area contributed by atoms with Crippen molar-refractivity contribution in [1.82, 2.24) is 5.06 Å². The van der Waals surface area contributed by atoms with Crippen molar-refractivity contribution in [2.24, 2.45) is 0 Å². The van der Waals surface area contributed by atoms with Gasteiger partial charge in [-0.15, -0.1) is 0 Å². The predicted octanol–water partition coefficient (Wildman–Crippen LogP) is 0.676. The molecule has 0 radical (unpaired) electrons. The van der Waals surface area contributed by atoms with E-state index in [9.17, 15) is 5.11 Å². The van der Waals surface area contributed by atoms with E-state index in [-0.39, 0.29) is 12.3 Å². The van der Waals surface area contributed by atoms with Crippen molar-refractivity contribution < 1.29 is 14.7 Å². The number of fused-ring (bicyclic) bond motifs is 1. The van der Waals surface area contributed by atoms with Crippen molar-refractivity contribution >= 4 is 0 Å². The third-order valence-electron chi connectivity index (χ3n) is 2.69. The van der Waals surface area contributed by atoms with Gasteiger partial charge in [0.25, 0.3) is 0 Å². The van der Waals surface area contributed by atoms with Crippen molar-refractivity contribution in [2.45, 2.75) is 38.2 Å². The molecule has 4 heteroatoms. The maximum Gasteiger partial charge on any atom is 0.177 e. The van der Waals surface area contributed by atoms with Gasteiger partial charge in [-0.25, -0.2) is 0 Å². The summed E-state index contributed by atoms with van der Waals surface area (Å²) >= 11 is 0. The molecule has 14 heavy (non-hydrogen) atoms. The van der Waals surface area contributed by atoms with Gasteiger partial charge in [0.2, 0.25) is 0 Å². The zero-order valence-corrected chi connectivity index (χ0v) is 8.43. The summed E-state index contributed by atoms with van der Waals surface area (Å²) in [6.45, 7) is 3.37. The Morgan fingerprint density at radius 3 is 3.21 bits per heavy atom. The maximum atomic E-state index is 9.67. The number of hydroxylamine groups is 2. The first kappa shape index (κ1) is 10.1. The molecule has 1 saturated heterocycles. The summed E-state index contributed by atoms with van der Waals surface area (Å²) in [5.74, 6) is 0. The molecule has 0 aliphatic carbocycles. The van der Waals surface area contributed by atoms with Gasteiger partial charge in [-0.3, -0.25) is 4.84 Å². The molecule has 2 aliphatic heterocycles. The Bertz CT molecular complexity index is 219. The number of hydrogen-bond donors (Lipinski definition) is 1. The average molecular weight is 199 g/mol. The molecule has 4 nitrogen and oxygen atoms in total. The molecule has 1 N–H and O–H groups in total. The lowest BCUT2D eigenvalue weighted by Gasteiger charge is -2.41. The van der Waals surface area contributed by atoms with E-state index < -0.39 is 6.10 Å². The van der Waals surface area contributed by atoms with Crippen LogP contribution in [0.1, 0.15) is 19.8 Å². The minimum absolute atomic E-state index is 0.108. The Morgan fingerprint density at radius 1 is 1.57 bits per heavy atom. The summed E-state index contributed by atoms with van der Waals surface area (Å²) in [7, 11) is 0. The normalized spacial score (nSPS) is 38.3. The highest BCUT2D eigenvalue weighted by atomic mass is 16.8. The predicted molar refractivity (Wildman–Crippen MR) is 51.4 cm³/mol. The van der Waals surface area contributed by atoms with Crippen molar-refractivity contribution in [3.05, 3.63) is 12.2 Å². The highest BCUT2D eigenvalue weighted by Crippen LogP contribution is 2.25. The third kappa shape index (κ3) is 1.98. The number of ether oxygens (including phenoxy) is 1. The fourth-order valence-corrected chi connectivity index (χ4v) is 1.98. The first-order chi connectivity index (χ1) is 6.81. The fourth-order valence-electron chi connectivity index (χ4n) is 1.98. The molecule has 2 heterocycles. The van der Waals surface area contributed by atoms with E-state index in [4.69, 9.17) is 9.57 Å². The van der Waals surface area contributed by atoms with Crippen molar-refractivity contribution in [2.75, 3.05) is 13.2 Å². The van der Waals surface area contributed by atoms with Crippen LogP contribution in [0.5, 0.6) is 0 Å². The van der Waals surface area contributed by atoms with Crippen LogP contribution in [0.2, 0.25) is 0 Å². The standard InChI is InChI=1S/C10H17NO3/c1-2-13-10-6-5-8-9(12)4-3-7-11(8)14-10/h3-4,8-10,12H,2,5-7H2,1H3/t8-,9-,10+/m1/s1. The molecule has 80 valence electrons. The van der Waals surface area contributed by atoms with Gasteiger partial charge in [-0.05, 0) is 13.3 Å². The Hall–Kier alpha value is -0.420. The molecule has 1 fully saturated rings. The number of aliphatic hydroxyl groups is 1. The summed E-state index contributed by atoms with van der Waals surface area (Å²) in [5.41, 5.74) is 0. The molecule has 0 spiro atoms. The molecule has 0 bridgehead atoms. The molecular weight excluding hydrogens is 182 g/mol. The second-order valence-corrected chi connectivity index (χ2v) is 3.65. The topological polar surface area (TPSA) is 41.9 Å². The van der Waals surface area contributed by atoms with Crippen LogP contribution in [-0.4, -0.2) is 41.8 Å². The number of nitrogens with zero attached hydrogens (tertiary/aromatic N) is 1. The zero-order valence-electron chi connectivity index (χ0n) is 8.43. The number of hydrogen-bond acceptors (Lipinski definition) is 4. The molecule has 0 saturated carbocycles. The molecule has 3 atom stereocenters. The van der Waals surface area contributed by atoms with E-state index in [1.165, 1.54) is 0 Å². The van der Waals surface area contributed by atoms with Gasteiger partial charge >= 0.3 is 0 Å². The zero-order chi connectivity index (χ0) is 9.97. The van der Waals surface area contributed by atoms with Crippen LogP contribution in [-0.2, 0) is 9.57 Å². The highest BCUT2D eigenvalue weighted by molar-refractivity contribution is 5.02. The van der Waals surface area contributed by atoms with Gasteiger partial charge in [-0.1, -0.05) is 12.2 Å². The van der Waals surface area contributed by atoms with Crippen LogP contribution in [0.4, 0.5) is 0 Å². The quantitative estimate of drug-likeness (QED) is 0.664. The summed E-state index contributed by atoms with van der Waals surface area (Å²) < 4.78 is 5.40. The SMILES string of the molecule is CCO[C@@H]1CC[C@@H]2[C@H](O)C=CCN2O1. The van der Waals surface area contributed by atoms with E-state index in [1.807, 2.05) is 24.1 Å². The lowest BCUT2D eigenvalue weighted by molar-refractivity contribution is -0.324. The smallest absolute Gasteiger partial charge is 0.177 e. The van der Waals surface area contributed by atoms with Crippen molar-refractivity contribution in [3.63, 3.8) is 0 Å². The van der Waals surface area contributed by atoms with Crippen molar-refractivity contribution in [3.8, 4) is 0 Å². The minimum atomic E-state index is -0.397. The number of rotatable bonds is 2. The lowest BCUT2D eigenvalue weighted by atomic mass is 10.0. The van der Waals surface area contributed by atoms with Gasteiger partial charge in [0, 0.05) is 19.6 Å². The van der Waals surface area contributed by atoms with E-state index in [1.54, 1.807) is 0 Å². The van der Waals surface area contributed by atoms with Gasteiger partial charge < -0.3 is 9.84 Å². The first-order valence-electron chi connectivity index (χ1n) is 5.21. The van der Waals surface area contributed by atoms with Crippen LogP contribution < -0.4 is 0 Å². The second kappa shape index (κ2) is 4.40. The van der Waals surface area contributed by atoms with Gasteiger partial charge in [0.1, 0.15) is 0 Å². The fraction of sp³-hybridized carbons (Fsp3) is 0.800. The molecule has 0 aromatic heterocycles. The third-order valence-corrected chi connectivity index (χ3v) is 2.69. The summed E-state index contributed by atoms with van der Waals surface area (Å²) in [5, 5.41) is 11.5. The number of aliphatic hydroxyl groups excluding tert-OH is 1. The minimum Gasteiger partial charge on any atom is -0.387 e. The van der Waals surface area contributed by atoms with Crippen LogP contribution >= 0.6 is 0 Å². The van der Waals surface area contributed by atoms with Gasteiger partial charge in [0.05, 0.1) is 12.1 Å². The molecule has 0 aromatic carbocycles. The van der Waals surface area contributed by atoms with Crippen LogP contribution in [0.15, 0.2) is 12.2 Å². The largest absolute Gasteiger partial charge is 0.387 e. The molecule has 2 rings (SSSR count). The Morgan fingerprint density at radius 2 is 2.43 bits per heavy atom. The molecule has 2 aliphatic rings. The molecule has 0 unspecified atom stereocenters. The van der Waals surface area contributed by atoms with E-state index >= 15 is 0 Å². The molecule has 0 aromatic rings. The maximum absolute atomic E-state index is 9.67. The second-order valence-electron chi connectivity index (χ2n) is 3.65.